The Hall–Kier alpha value is -7.71. The maximum absolute atomic E-state index is 13.1. The minimum atomic E-state index is -1.01. The number of oxazole rings is 1. The van der Waals surface area contributed by atoms with Gasteiger partial charge in [-0.3, -0.25) is 19.7 Å². The van der Waals surface area contributed by atoms with Crippen LogP contribution in [0.15, 0.2) is 162 Å². The molecule has 8 rings (SSSR count). The number of imide groups is 1. The third kappa shape index (κ3) is 12.9. The van der Waals surface area contributed by atoms with Gasteiger partial charge in [0.05, 0.1) is 24.1 Å². The van der Waals surface area contributed by atoms with Crippen LogP contribution < -0.4 is 25.0 Å². The van der Waals surface area contributed by atoms with E-state index in [1.165, 1.54) is 0 Å². The van der Waals surface area contributed by atoms with Crippen LogP contribution in [-0.4, -0.2) is 76.1 Å². The first kappa shape index (κ1) is 46.3. The maximum Gasteiger partial charge on any atom is 0.326 e. The molecular formula is C52H49N5O8S. The highest BCUT2D eigenvalue weighted by atomic mass is 32.2. The fraction of sp³-hybridized carbons (Fsp3) is 0.192. The lowest BCUT2D eigenvalue weighted by Gasteiger charge is -2.18. The summed E-state index contributed by atoms with van der Waals surface area (Å²) in [7, 11) is 1.97. The van der Waals surface area contributed by atoms with Crippen molar-refractivity contribution in [3.63, 3.8) is 0 Å². The lowest BCUT2D eigenvalue weighted by atomic mass is 10.00. The highest BCUT2D eigenvalue weighted by Crippen LogP contribution is 2.26. The predicted octanol–water partition coefficient (Wildman–Crippen LogP) is 9.10. The van der Waals surface area contributed by atoms with E-state index in [4.69, 9.17) is 13.9 Å². The van der Waals surface area contributed by atoms with Crippen molar-refractivity contribution in [1.82, 2.24) is 15.3 Å². The zero-order valence-corrected chi connectivity index (χ0v) is 37.3. The molecule has 3 N–H and O–H groups in total. The van der Waals surface area contributed by atoms with Gasteiger partial charge in [-0.05, 0) is 85.1 Å². The van der Waals surface area contributed by atoms with E-state index < -0.39 is 12.0 Å². The van der Waals surface area contributed by atoms with Crippen molar-refractivity contribution >= 4 is 46.2 Å². The van der Waals surface area contributed by atoms with E-state index >= 15 is 0 Å². The zero-order chi connectivity index (χ0) is 46.3. The first-order valence-corrected chi connectivity index (χ1v) is 22.2. The summed E-state index contributed by atoms with van der Waals surface area (Å²) in [5, 5.41) is 14.7. The standard InChI is InChI=1S/C34H30N2O5.C18H19N3O3S/c1-23-29(36-33(41-23)26-12-6-3-7-13-26)20-21-40-27-18-16-24(17-19-27)22-31(34(38)39)35-30-15-9-8-14-28(30)32(37)25-10-4-2-5-11-25;1-21(16-4-2-3-9-19-16)10-11-24-14-7-5-13(6-8-14)12-15-17(22)20-18(23)25-15/h2-19,31,35H,20-22H2,1H3,(H,38,39);2-9,15H,10-12H2,1H3,(H,20,22,23)/t31-;/m0./s1. The number of carbonyl (C=O) groups is 4. The van der Waals surface area contributed by atoms with Crippen LogP contribution in [0, 0.1) is 6.92 Å². The number of benzene rings is 5. The molecule has 13 nitrogen and oxygen atoms in total. The van der Waals surface area contributed by atoms with Crippen LogP contribution in [-0.2, 0) is 28.9 Å². The molecule has 2 amide bonds. The number of hydrogen-bond acceptors (Lipinski definition) is 12. The van der Waals surface area contributed by atoms with Crippen molar-refractivity contribution in [2.45, 2.75) is 37.5 Å². The Balaban J connectivity index is 0.000000221. The van der Waals surface area contributed by atoms with E-state index in [1.54, 1.807) is 54.7 Å². The summed E-state index contributed by atoms with van der Waals surface area (Å²) < 4.78 is 17.5. The van der Waals surface area contributed by atoms with Gasteiger partial charge in [-0.1, -0.05) is 103 Å². The molecule has 336 valence electrons. The number of aryl methyl sites for hydroxylation is 1. The first-order chi connectivity index (χ1) is 32.1. The largest absolute Gasteiger partial charge is 0.493 e. The number of thioether (sulfide) groups is 1. The first-order valence-electron chi connectivity index (χ1n) is 21.4. The van der Waals surface area contributed by atoms with Gasteiger partial charge in [-0.25, -0.2) is 14.8 Å². The van der Waals surface area contributed by atoms with Gasteiger partial charge in [0.15, 0.2) is 5.78 Å². The molecule has 5 aromatic carbocycles. The lowest BCUT2D eigenvalue weighted by molar-refractivity contribution is -0.137. The van der Waals surface area contributed by atoms with Gasteiger partial charge in [-0.2, -0.15) is 0 Å². The van der Waals surface area contributed by atoms with Crippen molar-refractivity contribution in [3.05, 3.63) is 192 Å². The zero-order valence-electron chi connectivity index (χ0n) is 36.5. The van der Waals surface area contributed by atoms with Crippen LogP contribution in [0.3, 0.4) is 0 Å². The number of pyridine rings is 1. The van der Waals surface area contributed by atoms with Crippen molar-refractivity contribution in [2.75, 3.05) is 37.0 Å². The summed E-state index contributed by atoms with van der Waals surface area (Å²) in [4.78, 5) is 58.9. The molecule has 1 saturated heterocycles. The number of nitrogens with one attached hydrogen (secondary N) is 2. The Morgan fingerprint density at radius 1 is 0.803 bits per heavy atom. The molecule has 0 aliphatic carbocycles. The van der Waals surface area contributed by atoms with E-state index in [1.807, 2.05) is 122 Å². The van der Waals surface area contributed by atoms with Crippen LogP contribution >= 0.6 is 11.8 Å². The molecule has 3 heterocycles. The molecule has 1 fully saturated rings. The Labute approximate surface area is 387 Å². The molecule has 7 aromatic rings. The minimum Gasteiger partial charge on any atom is -0.493 e. The van der Waals surface area contributed by atoms with Gasteiger partial charge < -0.3 is 29.2 Å². The average Bonchev–Trinajstić information content (AvgIpc) is 3.88. The number of carbonyl (C=O) groups excluding carboxylic acids is 3. The maximum atomic E-state index is 13.1. The fourth-order valence-corrected chi connectivity index (χ4v) is 7.84. The topological polar surface area (TPSA) is 173 Å². The summed E-state index contributed by atoms with van der Waals surface area (Å²) in [5.74, 6) is 2.32. The Morgan fingerprint density at radius 2 is 1.44 bits per heavy atom. The molecule has 2 atom stereocenters. The van der Waals surface area contributed by atoms with Gasteiger partial charge in [0, 0.05) is 48.5 Å². The number of rotatable bonds is 19. The fourth-order valence-electron chi connectivity index (χ4n) is 6.98. The summed E-state index contributed by atoms with van der Waals surface area (Å²) >= 11 is 1.05. The minimum absolute atomic E-state index is 0.170. The van der Waals surface area contributed by atoms with Gasteiger partial charge in [0.2, 0.25) is 11.8 Å². The smallest absolute Gasteiger partial charge is 0.326 e. The number of hydrogen-bond donors (Lipinski definition) is 3. The van der Waals surface area contributed by atoms with Crippen LogP contribution in [0.4, 0.5) is 16.3 Å². The Morgan fingerprint density at radius 3 is 2.09 bits per heavy atom. The van der Waals surface area contributed by atoms with E-state index in [0.29, 0.717) is 54.5 Å². The van der Waals surface area contributed by atoms with Gasteiger partial charge in [0.25, 0.3) is 5.24 Å². The monoisotopic (exact) mass is 903 g/mol. The van der Waals surface area contributed by atoms with Crippen LogP contribution in [0.25, 0.3) is 11.5 Å². The number of para-hydroxylation sites is 1. The number of aromatic nitrogens is 2. The van der Waals surface area contributed by atoms with E-state index in [0.717, 1.165) is 58.0 Å². The number of carboxylic acids is 1. The highest BCUT2D eigenvalue weighted by Gasteiger charge is 2.31. The SMILES string of the molecule is CN(CCOc1ccc(CC2SC(=O)NC2=O)cc1)c1ccccn1.Cc1oc(-c2ccccc2)nc1CCOc1ccc(C[C@H](Nc2ccccc2C(=O)c2ccccc2)C(=O)O)cc1. The third-order valence-electron chi connectivity index (χ3n) is 10.6. The molecular weight excluding hydrogens is 855 g/mol. The van der Waals surface area contributed by atoms with E-state index in [2.05, 4.69) is 20.6 Å². The Bertz CT molecular complexity index is 2700. The van der Waals surface area contributed by atoms with Crippen LogP contribution in [0.2, 0.25) is 0 Å². The number of anilines is 2. The van der Waals surface area contributed by atoms with E-state index in [9.17, 15) is 24.3 Å². The summed E-state index contributed by atoms with van der Waals surface area (Å²) in [5.41, 5.74) is 5.05. The number of ketones is 1. The number of nitrogens with zero attached hydrogens (tertiary/aromatic N) is 3. The number of amides is 2. The summed E-state index contributed by atoms with van der Waals surface area (Å²) in [6.45, 7) is 3.58. The number of likely N-dealkylation sites (N-methyl/N-ethyl adjacent to an activating group) is 1. The second-order valence-corrected chi connectivity index (χ2v) is 16.5. The second-order valence-electron chi connectivity index (χ2n) is 15.3. The highest BCUT2D eigenvalue weighted by molar-refractivity contribution is 8.15. The number of aliphatic carboxylic acids is 1. The quantitative estimate of drug-likeness (QED) is 0.0657. The van der Waals surface area contributed by atoms with Crippen LogP contribution in [0.1, 0.15) is 38.5 Å². The van der Waals surface area contributed by atoms with Crippen molar-refractivity contribution < 1.29 is 38.2 Å². The Kier molecular flexibility index (Phi) is 16.0. The number of ether oxygens (including phenoxy) is 2. The van der Waals surface area contributed by atoms with Crippen LogP contribution in [0.5, 0.6) is 11.5 Å². The van der Waals surface area contributed by atoms with Crippen molar-refractivity contribution in [1.29, 1.82) is 0 Å². The molecule has 0 bridgehead atoms. The van der Waals surface area contributed by atoms with E-state index in [-0.39, 0.29) is 28.6 Å². The van der Waals surface area contributed by atoms with Crippen molar-refractivity contribution in [2.24, 2.45) is 0 Å². The molecule has 66 heavy (non-hydrogen) atoms. The average molecular weight is 904 g/mol. The molecule has 14 heteroatoms. The number of carboxylic acid groups (broad SMARTS) is 1. The second kappa shape index (κ2) is 22.8. The van der Waals surface area contributed by atoms with Gasteiger partial charge >= 0.3 is 5.97 Å². The van der Waals surface area contributed by atoms with Crippen molar-refractivity contribution in [3.8, 4) is 23.0 Å². The molecule has 2 aromatic heterocycles. The molecule has 0 radical (unpaired) electrons. The third-order valence-corrected chi connectivity index (χ3v) is 11.5. The molecule has 1 unspecified atom stereocenters. The normalized spacial score (nSPS) is 13.5. The van der Waals surface area contributed by atoms with Gasteiger partial charge in [-0.15, -0.1) is 0 Å². The summed E-state index contributed by atoms with van der Waals surface area (Å²) in [6, 6.07) is 45.5. The lowest BCUT2D eigenvalue weighted by Crippen LogP contribution is -2.32. The van der Waals surface area contributed by atoms with Gasteiger partial charge in [0.1, 0.15) is 35.7 Å². The summed E-state index contributed by atoms with van der Waals surface area (Å²) in [6.07, 6.45) is 3.12. The molecule has 0 spiro atoms. The molecule has 0 saturated carbocycles. The predicted molar refractivity (Wildman–Crippen MR) is 255 cm³/mol. The molecule has 1 aliphatic heterocycles. The molecule has 1 aliphatic rings.